The lowest BCUT2D eigenvalue weighted by Gasteiger charge is -2.05. The van der Waals surface area contributed by atoms with Crippen molar-refractivity contribution in [3.05, 3.63) is 18.0 Å². The number of aromatic nitrogens is 2. The second-order valence-electron chi connectivity index (χ2n) is 3.88. The first-order chi connectivity index (χ1) is 8.72. The summed E-state index contributed by atoms with van der Waals surface area (Å²) in [5.74, 6) is 1.05. The van der Waals surface area contributed by atoms with E-state index >= 15 is 0 Å². The van der Waals surface area contributed by atoms with E-state index in [1.807, 2.05) is 12.4 Å². The predicted molar refractivity (Wildman–Crippen MR) is 73.4 cm³/mol. The molecule has 2 N–H and O–H groups in total. The van der Waals surface area contributed by atoms with Crippen molar-refractivity contribution in [2.24, 2.45) is 0 Å². The van der Waals surface area contributed by atoms with E-state index in [9.17, 15) is 4.79 Å². The molecule has 0 aromatic carbocycles. The van der Waals surface area contributed by atoms with Crippen LogP contribution in [0.25, 0.3) is 0 Å². The molecule has 0 aliphatic carbocycles. The Balaban J connectivity index is 2.20. The summed E-state index contributed by atoms with van der Waals surface area (Å²) in [5.41, 5.74) is 1.05. The molecular formula is C12H20N4OS. The standard InChI is InChI=1S/C12H20N4OS/c1-3-6-18-12-15-8-11(9-16-12)7-13-4-5-14-10(2)17/h8-9,13H,3-7H2,1-2H3,(H,14,17). The third kappa shape index (κ3) is 6.56. The van der Waals surface area contributed by atoms with Crippen LogP contribution in [0.1, 0.15) is 25.8 Å². The molecule has 6 heteroatoms. The SMILES string of the molecule is CCCSc1ncc(CNCCNC(C)=O)cn1. The largest absolute Gasteiger partial charge is 0.355 e. The number of thioether (sulfide) groups is 1. The van der Waals surface area contributed by atoms with E-state index in [1.165, 1.54) is 6.92 Å². The highest BCUT2D eigenvalue weighted by Gasteiger charge is 1.98. The first-order valence-corrected chi connectivity index (χ1v) is 7.09. The molecule has 0 saturated carbocycles. The van der Waals surface area contributed by atoms with Gasteiger partial charge in [0, 0.05) is 50.3 Å². The number of rotatable bonds is 8. The van der Waals surface area contributed by atoms with Gasteiger partial charge in [0.1, 0.15) is 0 Å². The molecule has 0 unspecified atom stereocenters. The van der Waals surface area contributed by atoms with Crippen molar-refractivity contribution < 1.29 is 4.79 Å². The van der Waals surface area contributed by atoms with Crippen LogP contribution in [0.15, 0.2) is 17.6 Å². The first-order valence-electron chi connectivity index (χ1n) is 6.11. The van der Waals surface area contributed by atoms with Gasteiger partial charge in [-0.1, -0.05) is 18.7 Å². The predicted octanol–water partition coefficient (Wildman–Crippen LogP) is 1.20. The van der Waals surface area contributed by atoms with Crippen molar-refractivity contribution in [2.75, 3.05) is 18.8 Å². The molecule has 1 rings (SSSR count). The Morgan fingerprint density at radius 1 is 1.33 bits per heavy atom. The highest BCUT2D eigenvalue weighted by Crippen LogP contribution is 2.12. The minimum Gasteiger partial charge on any atom is -0.355 e. The zero-order valence-electron chi connectivity index (χ0n) is 10.9. The fourth-order valence-electron chi connectivity index (χ4n) is 1.26. The van der Waals surface area contributed by atoms with Gasteiger partial charge in [-0.2, -0.15) is 0 Å². The Hall–Kier alpha value is -1.14. The van der Waals surface area contributed by atoms with Crippen molar-refractivity contribution in [3.63, 3.8) is 0 Å². The van der Waals surface area contributed by atoms with Gasteiger partial charge in [-0.15, -0.1) is 0 Å². The van der Waals surface area contributed by atoms with Crippen LogP contribution in [0.2, 0.25) is 0 Å². The molecule has 18 heavy (non-hydrogen) atoms. The lowest BCUT2D eigenvalue weighted by molar-refractivity contribution is -0.118. The highest BCUT2D eigenvalue weighted by molar-refractivity contribution is 7.99. The first kappa shape index (κ1) is 14.9. The number of hydrogen-bond donors (Lipinski definition) is 2. The Labute approximate surface area is 112 Å². The van der Waals surface area contributed by atoms with Crippen molar-refractivity contribution >= 4 is 17.7 Å². The van der Waals surface area contributed by atoms with E-state index in [-0.39, 0.29) is 5.91 Å². The number of amides is 1. The van der Waals surface area contributed by atoms with E-state index in [0.29, 0.717) is 6.54 Å². The quantitative estimate of drug-likeness (QED) is 0.421. The molecule has 0 spiro atoms. The van der Waals surface area contributed by atoms with Crippen LogP contribution in [0.4, 0.5) is 0 Å². The van der Waals surface area contributed by atoms with Gasteiger partial charge >= 0.3 is 0 Å². The number of carbonyl (C=O) groups is 1. The zero-order valence-corrected chi connectivity index (χ0v) is 11.7. The molecule has 100 valence electrons. The van der Waals surface area contributed by atoms with Crippen LogP contribution in [0, 0.1) is 0 Å². The van der Waals surface area contributed by atoms with Gasteiger partial charge in [-0.05, 0) is 6.42 Å². The smallest absolute Gasteiger partial charge is 0.216 e. The van der Waals surface area contributed by atoms with E-state index in [1.54, 1.807) is 11.8 Å². The molecule has 0 atom stereocenters. The average molecular weight is 268 g/mol. The Morgan fingerprint density at radius 2 is 2.06 bits per heavy atom. The highest BCUT2D eigenvalue weighted by atomic mass is 32.2. The second-order valence-corrected chi connectivity index (χ2v) is 4.94. The monoisotopic (exact) mass is 268 g/mol. The second kappa shape index (κ2) is 8.88. The lowest BCUT2D eigenvalue weighted by atomic mass is 10.3. The van der Waals surface area contributed by atoms with E-state index < -0.39 is 0 Å². The number of hydrogen-bond acceptors (Lipinski definition) is 5. The van der Waals surface area contributed by atoms with Crippen molar-refractivity contribution in [1.29, 1.82) is 0 Å². The maximum absolute atomic E-state index is 10.6. The van der Waals surface area contributed by atoms with Gasteiger partial charge in [0.15, 0.2) is 5.16 Å². The number of nitrogens with zero attached hydrogens (tertiary/aromatic N) is 2. The molecule has 0 bridgehead atoms. The number of carbonyl (C=O) groups excluding carboxylic acids is 1. The molecule has 0 saturated heterocycles. The topological polar surface area (TPSA) is 66.9 Å². The maximum atomic E-state index is 10.6. The van der Waals surface area contributed by atoms with Gasteiger partial charge in [-0.3, -0.25) is 4.79 Å². The Kier molecular flexibility index (Phi) is 7.36. The molecule has 0 radical (unpaired) electrons. The fraction of sp³-hybridized carbons (Fsp3) is 0.583. The van der Waals surface area contributed by atoms with Crippen molar-refractivity contribution in [2.45, 2.75) is 32.0 Å². The maximum Gasteiger partial charge on any atom is 0.216 e. The van der Waals surface area contributed by atoms with Crippen LogP contribution in [-0.4, -0.2) is 34.7 Å². The van der Waals surface area contributed by atoms with Crippen molar-refractivity contribution in [1.82, 2.24) is 20.6 Å². The third-order valence-corrected chi connectivity index (χ3v) is 3.20. The van der Waals surface area contributed by atoms with Gasteiger partial charge in [0.05, 0.1) is 0 Å². The van der Waals surface area contributed by atoms with Crippen LogP contribution in [-0.2, 0) is 11.3 Å². The summed E-state index contributed by atoms with van der Waals surface area (Å²) in [6.07, 6.45) is 4.81. The summed E-state index contributed by atoms with van der Waals surface area (Å²) < 4.78 is 0. The van der Waals surface area contributed by atoms with Gasteiger partial charge < -0.3 is 10.6 Å². The summed E-state index contributed by atoms with van der Waals surface area (Å²) in [6.45, 7) is 5.76. The van der Waals surface area contributed by atoms with Crippen molar-refractivity contribution in [3.8, 4) is 0 Å². The van der Waals surface area contributed by atoms with Crippen LogP contribution in [0.3, 0.4) is 0 Å². The minimum atomic E-state index is -0.00237. The summed E-state index contributed by atoms with van der Waals surface area (Å²) in [6, 6.07) is 0. The summed E-state index contributed by atoms with van der Waals surface area (Å²) >= 11 is 1.67. The fourth-order valence-corrected chi connectivity index (χ4v) is 1.90. The van der Waals surface area contributed by atoms with Crippen LogP contribution < -0.4 is 10.6 Å². The Bertz CT molecular complexity index is 356. The number of nitrogens with one attached hydrogen (secondary N) is 2. The molecule has 5 nitrogen and oxygen atoms in total. The molecule has 0 fully saturated rings. The van der Waals surface area contributed by atoms with Crippen LogP contribution in [0.5, 0.6) is 0 Å². The summed E-state index contributed by atoms with van der Waals surface area (Å²) in [5, 5.41) is 6.78. The summed E-state index contributed by atoms with van der Waals surface area (Å²) in [7, 11) is 0. The average Bonchev–Trinajstić information content (AvgIpc) is 2.37. The minimum absolute atomic E-state index is 0.00237. The molecule has 1 amide bonds. The molecule has 0 aliphatic heterocycles. The third-order valence-electron chi connectivity index (χ3n) is 2.12. The molecular weight excluding hydrogens is 248 g/mol. The van der Waals surface area contributed by atoms with E-state index in [2.05, 4.69) is 27.5 Å². The van der Waals surface area contributed by atoms with E-state index in [0.717, 1.165) is 36.0 Å². The summed E-state index contributed by atoms with van der Waals surface area (Å²) in [4.78, 5) is 19.2. The zero-order chi connectivity index (χ0) is 13.2. The Morgan fingerprint density at radius 3 is 2.67 bits per heavy atom. The molecule has 1 aromatic rings. The van der Waals surface area contributed by atoms with Gasteiger partial charge in [0.25, 0.3) is 0 Å². The van der Waals surface area contributed by atoms with E-state index in [4.69, 9.17) is 0 Å². The molecule has 1 aromatic heterocycles. The molecule has 0 aliphatic rings. The van der Waals surface area contributed by atoms with Gasteiger partial charge in [-0.25, -0.2) is 9.97 Å². The molecule has 1 heterocycles. The van der Waals surface area contributed by atoms with Crippen LogP contribution >= 0.6 is 11.8 Å². The lowest BCUT2D eigenvalue weighted by Crippen LogP contribution is -2.29. The van der Waals surface area contributed by atoms with Gasteiger partial charge in [0.2, 0.25) is 5.91 Å². The normalized spacial score (nSPS) is 10.3.